The highest BCUT2D eigenvalue weighted by Gasteiger charge is 2.42. The van der Waals surface area contributed by atoms with Crippen LogP contribution in [0.15, 0.2) is 65.7 Å². The first-order valence-electron chi connectivity index (χ1n) is 9.08. The summed E-state index contributed by atoms with van der Waals surface area (Å²) in [6, 6.07) is 17.1. The number of benzene rings is 2. The van der Waals surface area contributed by atoms with Crippen molar-refractivity contribution >= 4 is 23.1 Å². The van der Waals surface area contributed by atoms with Crippen LogP contribution in [0.2, 0.25) is 0 Å². The molecule has 2 aliphatic heterocycles. The van der Waals surface area contributed by atoms with Crippen molar-refractivity contribution in [1.82, 2.24) is 10.2 Å². The van der Waals surface area contributed by atoms with E-state index in [1.54, 1.807) is 0 Å². The minimum Gasteiger partial charge on any atom is -0.378 e. The second-order valence-electron chi connectivity index (χ2n) is 6.77. The lowest BCUT2D eigenvalue weighted by Gasteiger charge is -2.34. The smallest absolute Gasteiger partial charge is 0.258 e. The highest BCUT2D eigenvalue weighted by Crippen LogP contribution is 2.42. The average molecular weight is 358 g/mol. The topological polar surface area (TPSA) is 58.6 Å². The maximum Gasteiger partial charge on any atom is 0.258 e. The molecule has 0 spiro atoms. The zero-order valence-electron chi connectivity index (χ0n) is 14.7. The van der Waals surface area contributed by atoms with Crippen molar-refractivity contribution in [1.29, 1.82) is 0 Å². The minimum atomic E-state index is -0.215. The van der Waals surface area contributed by atoms with Gasteiger partial charge < -0.3 is 15.0 Å². The van der Waals surface area contributed by atoms with Gasteiger partial charge >= 0.3 is 0 Å². The lowest BCUT2D eigenvalue weighted by molar-refractivity contribution is -0.115. The quantitative estimate of drug-likeness (QED) is 0.896. The zero-order chi connectivity index (χ0) is 18.4. The van der Waals surface area contributed by atoms with E-state index in [2.05, 4.69) is 10.2 Å². The molecule has 1 saturated heterocycles. The first-order chi connectivity index (χ1) is 13.3. The molecule has 134 valence electrons. The summed E-state index contributed by atoms with van der Waals surface area (Å²) in [5, 5.41) is 2.95. The molecule has 1 N–H and O–H groups in total. The van der Waals surface area contributed by atoms with Crippen molar-refractivity contribution in [3.8, 4) is 0 Å². The first-order valence-corrected chi connectivity index (χ1v) is 9.08. The fourth-order valence-corrected chi connectivity index (χ4v) is 4.02. The summed E-state index contributed by atoms with van der Waals surface area (Å²) in [6.45, 7) is 2.61. The van der Waals surface area contributed by atoms with E-state index in [0.717, 1.165) is 16.8 Å². The average Bonchev–Trinajstić information content (AvgIpc) is 3.07. The Morgan fingerprint density at radius 3 is 2.22 bits per heavy atom. The Morgan fingerprint density at radius 1 is 0.815 bits per heavy atom. The molecule has 0 radical (unpaired) electrons. The van der Waals surface area contributed by atoms with Crippen molar-refractivity contribution in [3.05, 3.63) is 82.4 Å². The number of amides is 1. The van der Waals surface area contributed by atoms with Crippen LogP contribution in [0.1, 0.15) is 21.5 Å². The van der Waals surface area contributed by atoms with Gasteiger partial charge in [0, 0.05) is 24.2 Å². The number of Topliss-reactive ketones (excluding diaryl/α,β-unsaturated/α-hetero) is 1. The Bertz CT molecular complexity index is 1010. The molecule has 0 bridgehead atoms. The molecule has 27 heavy (non-hydrogen) atoms. The van der Waals surface area contributed by atoms with Gasteiger partial charge in [-0.15, -0.1) is 0 Å². The largest absolute Gasteiger partial charge is 0.378 e. The number of carbonyl (C=O) groups excluding carboxylic acids is 2. The number of ketones is 1. The van der Waals surface area contributed by atoms with Gasteiger partial charge in [0.25, 0.3) is 5.91 Å². The van der Waals surface area contributed by atoms with Crippen molar-refractivity contribution in [2.24, 2.45) is 0 Å². The third-order valence-electron chi connectivity index (χ3n) is 5.25. The van der Waals surface area contributed by atoms with Crippen LogP contribution in [-0.4, -0.2) is 42.9 Å². The monoisotopic (exact) mass is 358 g/mol. The van der Waals surface area contributed by atoms with E-state index in [4.69, 9.17) is 4.74 Å². The Balaban J connectivity index is 1.80. The van der Waals surface area contributed by atoms with E-state index in [9.17, 15) is 9.59 Å². The SMILES string of the molecule is O=C1NC(c2ccccc2)=C2C(=O)c3ccccc3C(N3CCOCC3)=C12. The first kappa shape index (κ1) is 16.0. The number of fused-ring (bicyclic) bond motifs is 2. The number of carbonyl (C=O) groups is 2. The van der Waals surface area contributed by atoms with E-state index >= 15 is 0 Å². The van der Waals surface area contributed by atoms with E-state index in [0.29, 0.717) is 48.7 Å². The lowest BCUT2D eigenvalue weighted by Crippen LogP contribution is -2.38. The third-order valence-corrected chi connectivity index (χ3v) is 5.25. The minimum absolute atomic E-state index is 0.102. The summed E-state index contributed by atoms with van der Waals surface area (Å²) in [5.74, 6) is -0.317. The standard InChI is InChI=1S/C22H18N2O3/c25-21-16-9-5-4-8-15(16)20(24-10-12-27-13-11-24)18-17(21)19(23-22(18)26)14-6-2-1-3-7-14/h1-9H,10-13H2,(H,23,26). The van der Waals surface area contributed by atoms with Crippen LogP contribution in [0.5, 0.6) is 0 Å². The predicted octanol–water partition coefficient (Wildman–Crippen LogP) is 2.47. The summed E-state index contributed by atoms with van der Waals surface area (Å²) in [5.41, 5.74) is 4.71. The number of nitrogens with one attached hydrogen (secondary N) is 1. The second-order valence-corrected chi connectivity index (χ2v) is 6.77. The molecule has 5 nitrogen and oxygen atoms in total. The molecule has 0 atom stereocenters. The van der Waals surface area contributed by atoms with E-state index in [1.807, 2.05) is 54.6 Å². The van der Waals surface area contributed by atoms with E-state index < -0.39 is 0 Å². The number of morpholine rings is 1. The Morgan fingerprint density at radius 2 is 1.48 bits per heavy atom. The molecule has 2 aromatic rings. The van der Waals surface area contributed by atoms with Crippen molar-refractivity contribution < 1.29 is 14.3 Å². The molecule has 0 aromatic heterocycles. The Hall–Kier alpha value is -3.18. The molecular weight excluding hydrogens is 340 g/mol. The number of nitrogens with zero attached hydrogens (tertiary/aromatic N) is 1. The van der Waals surface area contributed by atoms with Gasteiger partial charge in [0.15, 0.2) is 5.78 Å². The van der Waals surface area contributed by atoms with Gasteiger partial charge in [-0.1, -0.05) is 54.6 Å². The van der Waals surface area contributed by atoms with Crippen LogP contribution in [0, 0.1) is 0 Å². The third kappa shape index (κ3) is 2.43. The molecule has 5 rings (SSSR count). The van der Waals surface area contributed by atoms with E-state index in [-0.39, 0.29) is 11.7 Å². The van der Waals surface area contributed by atoms with Gasteiger partial charge in [-0.25, -0.2) is 0 Å². The molecule has 5 heteroatoms. The molecular formula is C22H18N2O3. The number of hydrogen-bond donors (Lipinski definition) is 1. The number of rotatable bonds is 2. The second kappa shape index (κ2) is 6.21. The van der Waals surface area contributed by atoms with Crippen molar-refractivity contribution in [2.45, 2.75) is 0 Å². The number of hydrogen-bond acceptors (Lipinski definition) is 4. The van der Waals surface area contributed by atoms with Gasteiger partial charge in [0.1, 0.15) is 0 Å². The summed E-state index contributed by atoms with van der Waals surface area (Å²) < 4.78 is 5.48. The van der Waals surface area contributed by atoms with Crippen LogP contribution in [0.3, 0.4) is 0 Å². The molecule has 2 aromatic carbocycles. The molecule has 3 aliphatic rings. The van der Waals surface area contributed by atoms with Crippen molar-refractivity contribution in [3.63, 3.8) is 0 Å². The lowest BCUT2D eigenvalue weighted by atomic mass is 9.83. The van der Waals surface area contributed by atoms with Crippen LogP contribution in [-0.2, 0) is 9.53 Å². The van der Waals surface area contributed by atoms with Crippen molar-refractivity contribution in [2.75, 3.05) is 26.3 Å². The summed E-state index contributed by atoms with van der Waals surface area (Å²) in [4.78, 5) is 28.5. The highest BCUT2D eigenvalue weighted by molar-refractivity contribution is 6.32. The summed E-state index contributed by atoms with van der Waals surface area (Å²) in [6.07, 6.45) is 0. The fraction of sp³-hybridized carbons (Fsp3) is 0.182. The van der Waals surface area contributed by atoms with Gasteiger partial charge in [-0.2, -0.15) is 0 Å². The van der Waals surface area contributed by atoms with Crippen LogP contribution < -0.4 is 5.32 Å². The van der Waals surface area contributed by atoms with Crippen LogP contribution in [0.25, 0.3) is 11.4 Å². The molecule has 0 unspecified atom stereocenters. The van der Waals surface area contributed by atoms with Crippen LogP contribution in [0.4, 0.5) is 0 Å². The van der Waals surface area contributed by atoms with Gasteiger partial charge in [-0.3, -0.25) is 9.59 Å². The predicted molar refractivity (Wildman–Crippen MR) is 102 cm³/mol. The fourth-order valence-electron chi connectivity index (χ4n) is 4.02. The molecule has 0 saturated carbocycles. The van der Waals surface area contributed by atoms with Crippen LogP contribution >= 0.6 is 0 Å². The van der Waals surface area contributed by atoms with Gasteiger partial charge in [-0.05, 0) is 5.56 Å². The summed E-state index contributed by atoms with van der Waals surface area (Å²) in [7, 11) is 0. The van der Waals surface area contributed by atoms with E-state index in [1.165, 1.54) is 0 Å². The molecule has 1 aliphatic carbocycles. The summed E-state index contributed by atoms with van der Waals surface area (Å²) >= 11 is 0. The zero-order valence-corrected chi connectivity index (χ0v) is 14.7. The molecule has 2 heterocycles. The van der Waals surface area contributed by atoms with Gasteiger partial charge in [0.05, 0.1) is 35.8 Å². The maximum atomic E-state index is 13.3. The molecule has 1 fully saturated rings. The molecule has 1 amide bonds. The Kier molecular flexibility index (Phi) is 3.69. The highest BCUT2D eigenvalue weighted by atomic mass is 16.5. The normalized spacial score (nSPS) is 19.2. The maximum absolute atomic E-state index is 13.3. The number of ether oxygens (including phenoxy) is 1. The Labute approximate surface area is 156 Å². The van der Waals surface area contributed by atoms with Gasteiger partial charge in [0.2, 0.25) is 0 Å².